The number of carbonyl (C=O) groups excluding carboxylic acids is 2. The van der Waals surface area contributed by atoms with Gasteiger partial charge in [0.15, 0.2) is 10.4 Å². The van der Waals surface area contributed by atoms with Gasteiger partial charge < -0.3 is 19.4 Å². The highest BCUT2D eigenvalue weighted by molar-refractivity contribution is 9.10. The number of fused-ring (bicyclic) bond motifs is 1. The predicted octanol–water partition coefficient (Wildman–Crippen LogP) is 4.57. The molecular weight excluding hydrogens is 448 g/mol. The fourth-order valence-electron chi connectivity index (χ4n) is 3.65. The molecule has 0 saturated heterocycles. The van der Waals surface area contributed by atoms with E-state index < -0.39 is 0 Å². The van der Waals surface area contributed by atoms with Crippen LogP contribution in [0.2, 0.25) is 0 Å². The third-order valence-corrected chi connectivity index (χ3v) is 5.60. The number of anilines is 1. The number of hydrogen-bond acceptors (Lipinski definition) is 4. The number of hydrogen-bond donors (Lipinski definition) is 1. The van der Waals surface area contributed by atoms with Crippen LogP contribution >= 0.6 is 15.9 Å². The van der Waals surface area contributed by atoms with Gasteiger partial charge in [0.25, 0.3) is 11.8 Å². The Kier molecular flexibility index (Phi) is 5.63. The third kappa shape index (κ3) is 3.98. The predicted molar refractivity (Wildman–Crippen MR) is 117 cm³/mol. The van der Waals surface area contributed by atoms with E-state index in [0.29, 0.717) is 22.5 Å². The number of furan rings is 1. The van der Waals surface area contributed by atoms with E-state index in [0.717, 1.165) is 23.2 Å². The Balaban J connectivity index is 1.52. The van der Waals surface area contributed by atoms with Crippen molar-refractivity contribution in [3.63, 3.8) is 0 Å². The number of halogens is 1. The molecule has 1 aliphatic rings. The molecule has 4 rings (SSSR count). The zero-order valence-corrected chi connectivity index (χ0v) is 18.2. The molecule has 0 unspecified atom stereocenters. The van der Waals surface area contributed by atoms with Crippen molar-refractivity contribution in [2.75, 3.05) is 12.0 Å². The van der Waals surface area contributed by atoms with Gasteiger partial charge in [-0.3, -0.25) is 9.59 Å². The minimum absolute atomic E-state index is 0.0504. The van der Waals surface area contributed by atoms with Crippen LogP contribution in [0.3, 0.4) is 0 Å². The number of methoxy groups -OCH3 is 1. The van der Waals surface area contributed by atoms with Gasteiger partial charge in [0.1, 0.15) is 5.75 Å². The zero-order chi connectivity index (χ0) is 21.3. The summed E-state index contributed by atoms with van der Waals surface area (Å²) in [5.74, 6) is 0.613. The van der Waals surface area contributed by atoms with Crippen LogP contribution in [0, 0.1) is 0 Å². The van der Waals surface area contributed by atoms with E-state index in [9.17, 15) is 9.59 Å². The van der Waals surface area contributed by atoms with Gasteiger partial charge in [-0.2, -0.15) is 0 Å². The van der Waals surface area contributed by atoms with Crippen molar-refractivity contribution in [2.45, 2.75) is 25.9 Å². The Morgan fingerprint density at radius 1 is 1.17 bits per heavy atom. The number of ether oxygens (including phenoxy) is 1. The molecule has 7 heteroatoms. The normalized spacial score (nSPS) is 15.0. The standard InChI is InChI=1S/C23H21BrN2O4/c1-14-11-17-4-3-15(13-25-22(27)20-9-10-21(24)30-20)12-19(17)26(14)23(28)16-5-7-18(29-2)8-6-16/h3-10,12,14H,11,13H2,1-2H3,(H,25,27)/t14-/m0/s1. The van der Waals surface area contributed by atoms with E-state index in [1.54, 1.807) is 43.5 Å². The molecule has 6 nitrogen and oxygen atoms in total. The van der Waals surface area contributed by atoms with E-state index in [-0.39, 0.29) is 23.6 Å². The Morgan fingerprint density at radius 3 is 2.60 bits per heavy atom. The fraction of sp³-hybridized carbons (Fsp3) is 0.217. The van der Waals surface area contributed by atoms with Gasteiger partial charge in [-0.25, -0.2) is 0 Å². The largest absolute Gasteiger partial charge is 0.497 e. The molecule has 0 spiro atoms. The molecule has 1 N–H and O–H groups in total. The van der Waals surface area contributed by atoms with Crippen LogP contribution in [0.1, 0.15) is 39.0 Å². The smallest absolute Gasteiger partial charge is 0.287 e. The summed E-state index contributed by atoms with van der Waals surface area (Å²) in [7, 11) is 1.60. The first-order valence-corrected chi connectivity index (χ1v) is 10.4. The molecule has 154 valence electrons. The van der Waals surface area contributed by atoms with E-state index in [1.165, 1.54) is 0 Å². The third-order valence-electron chi connectivity index (χ3n) is 5.17. The molecule has 30 heavy (non-hydrogen) atoms. The van der Waals surface area contributed by atoms with Gasteiger partial charge in [-0.05, 0) is 82.9 Å². The van der Waals surface area contributed by atoms with Gasteiger partial charge >= 0.3 is 0 Å². The summed E-state index contributed by atoms with van der Waals surface area (Å²) in [6.07, 6.45) is 0.796. The summed E-state index contributed by atoms with van der Waals surface area (Å²) in [5.41, 5.74) is 3.53. The first kappa shape index (κ1) is 20.2. The molecule has 0 bridgehead atoms. The van der Waals surface area contributed by atoms with E-state index in [2.05, 4.69) is 21.2 Å². The van der Waals surface area contributed by atoms with Crippen molar-refractivity contribution in [3.05, 3.63) is 81.7 Å². The average molecular weight is 469 g/mol. The molecule has 0 saturated carbocycles. The summed E-state index contributed by atoms with van der Waals surface area (Å²) < 4.78 is 11.0. The second-order valence-corrected chi connectivity index (χ2v) is 7.99. The number of rotatable bonds is 5. The highest BCUT2D eigenvalue weighted by atomic mass is 79.9. The van der Waals surface area contributed by atoms with Crippen molar-refractivity contribution in [2.24, 2.45) is 0 Å². The lowest BCUT2D eigenvalue weighted by Gasteiger charge is -2.23. The van der Waals surface area contributed by atoms with Crippen LogP contribution in [0.15, 0.2) is 63.7 Å². The van der Waals surface area contributed by atoms with E-state index in [1.807, 2.05) is 30.0 Å². The number of nitrogens with zero attached hydrogens (tertiary/aromatic N) is 1. The van der Waals surface area contributed by atoms with E-state index in [4.69, 9.17) is 9.15 Å². The summed E-state index contributed by atoms with van der Waals surface area (Å²) in [6, 6.07) is 16.4. The van der Waals surface area contributed by atoms with Crippen molar-refractivity contribution >= 4 is 33.4 Å². The van der Waals surface area contributed by atoms with E-state index >= 15 is 0 Å². The molecule has 2 heterocycles. The zero-order valence-electron chi connectivity index (χ0n) is 16.6. The molecule has 2 aromatic carbocycles. The Hall–Kier alpha value is -3.06. The molecule has 0 radical (unpaired) electrons. The number of carbonyl (C=O) groups is 2. The maximum atomic E-state index is 13.2. The van der Waals surface area contributed by atoms with Gasteiger partial charge in [-0.1, -0.05) is 12.1 Å². The second kappa shape index (κ2) is 8.36. The van der Waals surface area contributed by atoms with Gasteiger partial charge in [0, 0.05) is 23.8 Å². The number of amides is 2. The Morgan fingerprint density at radius 2 is 1.93 bits per heavy atom. The van der Waals surface area contributed by atoms with Gasteiger partial charge in [0.05, 0.1) is 7.11 Å². The first-order chi connectivity index (χ1) is 14.5. The Bertz CT molecular complexity index is 1090. The molecule has 1 atom stereocenters. The van der Waals surface area contributed by atoms with Crippen LogP contribution in [0.5, 0.6) is 5.75 Å². The highest BCUT2D eigenvalue weighted by Crippen LogP contribution is 2.34. The van der Waals surface area contributed by atoms with Crippen molar-refractivity contribution in [1.82, 2.24) is 5.32 Å². The quantitative estimate of drug-likeness (QED) is 0.594. The van der Waals surface area contributed by atoms with Crippen molar-refractivity contribution < 1.29 is 18.7 Å². The lowest BCUT2D eigenvalue weighted by Crippen LogP contribution is -2.35. The SMILES string of the molecule is COc1ccc(C(=O)N2c3cc(CNC(=O)c4ccc(Br)o4)ccc3C[C@@H]2C)cc1. The molecular formula is C23H21BrN2O4. The van der Waals surface area contributed by atoms with Crippen LogP contribution < -0.4 is 15.0 Å². The topological polar surface area (TPSA) is 71.8 Å². The van der Waals surface area contributed by atoms with Crippen molar-refractivity contribution in [3.8, 4) is 5.75 Å². The highest BCUT2D eigenvalue weighted by Gasteiger charge is 2.31. The number of nitrogens with one attached hydrogen (secondary N) is 1. The maximum absolute atomic E-state index is 13.2. The summed E-state index contributed by atoms with van der Waals surface area (Å²) in [4.78, 5) is 27.2. The lowest BCUT2D eigenvalue weighted by atomic mass is 10.1. The van der Waals surface area contributed by atoms with Crippen LogP contribution in [-0.2, 0) is 13.0 Å². The summed E-state index contributed by atoms with van der Waals surface area (Å²) in [6.45, 7) is 2.38. The van der Waals surface area contributed by atoms with Crippen LogP contribution in [-0.4, -0.2) is 25.0 Å². The van der Waals surface area contributed by atoms with Crippen LogP contribution in [0.25, 0.3) is 0 Å². The van der Waals surface area contributed by atoms with Gasteiger partial charge in [0.2, 0.25) is 0 Å². The maximum Gasteiger partial charge on any atom is 0.287 e. The summed E-state index contributed by atoms with van der Waals surface area (Å²) in [5, 5.41) is 2.85. The summed E-state index contributed by atoms with van der Waals surface area (Å²) >= 11 is 3.19. The van der Waals surface area contributed by atoms with Crippen LogP contribution in [0.4, 0.5) is 5.69 Å². The number of benzene rings is 2. The monoisotopic (exact) mass is 468 g/mol. The first-order valence-electron chi connectivity index (χ1n) is 9.59. The molecule has 0 fully saturated rings. The molecule has 1 aliphatic heterocycles. The molecule has 1 aromatic heterocycles. The van der Waals surface area contributed by atoms with Crippen molar-refractivity contribution in [1.29, 1.82) is 0 Å². The minimum atomic E-state index is -0.291. The van der Waals surface area contributed by atoms with Gasteiger partial charge in [-0.15, -0.1) is 0 Å². The Labute approximate surface area is 183 Å². The molecule has 2 amide bonds. The minimum Gasteiger partial charge on any atom is -0.497 e. The molecule has 0 aliphatic carbocycles. The average Bonchev–Trinajstić information content (AvgIpc) is 3.33. The fourth-order valence-corrected chi connectivity index (χ4v) is 3.96. The molecule has 3 aromatic rings. The lowest BCUT2D eigenvalue weighted by molar-refractivity contribution is 0.0920. The second-order valence-electron chi connectivity index (χ2n) is 7.21.